The quantitative estimate of drug-likeness (QED) is 0.821. The second kappa shape index (κ2) is 8.81. The van der Waals surface area contributed by atoms with Crippen LogP contribution in [0, 0.1) is 5.92 Å². The van der Waals surface area contributed by atoms with Crippen molar-refractivity contribution in [2.75, 3.05) is 26.2 Å². The Morgan fingerprint density at radius 2 is 1.84 bits per heavy atom. The van der Waals surface area contributed by atoms with Gasteiger partial charge in [0.2, 0.25) is 5.91 Å². The molecule has 2 fully saturated rings. The van der Waals surface area contributed by atoms with Gasteiger partial charge in [-0.25, -0.2) is 0 Å². The van der Waals surface area contributed by atoms with E-state index in [9.17, 15) is 4.79 Å². The van der Waals surface area contributed by atoms with Crippen LogP contribution in [0.3, 0.4) is 0 Å². The van der Waals surface area contributed by atoms with Gasteiger partial charge in [-0.1, -0.05) is 30.3 Å². The molecule has 1 aromatic carbocycles. The third-order valence-corrected chi connectivity index (χ3v) is 5.61. The van der Waals surface area contributed by atoms with Crippen LogP contribution in [0.25, 0.3) is 0 Å². The largest absolute Gasteiger partial charge is 0.373 e. The smallest absolute Gasteiger partial charge is 0.226 e. The summed E-state index contributed by atoms with van der Waals surface area (Å²) >= 11 is 0. The lowest BCUT2D eigenvalue weighted by molar-refractivity contribution is -0.140. The first kappa shape index (κ1) is 18.4. The molecule has 1 unspecified atom stereocenters. The summed E-state index contributed by atoms with van der Waals surface area (Å²) in [4.78, 5) is 17.4. The standard InChI is InChI=1S/C21H32N2O2/c1-17(2)23-12-6-9-19(15-23)21(24)22-13-10-20(11-14-22)25-16-18-7-4-3-5-8-18/h3-5,7-8,17,19-20H,6,9-16H2,1-2H3. The molecule has 1 atom stereocenters. The average molecular weight is 344 g/mol. The molecule has 25 heavy (non-hydrogen) atoms. The zero-order valence-corrected chi connectivity index (χ0v) is 15.7. The molecule has 0 N–H and O–H groups in total. The molecule has 138 valence electrons. The lowest BCUT2D eigenvalue weighted by Crippen LogP contribution is -2.49. The zero-order chi connectivity index (χ0) is 17.6. The van der Waals surface area contributed by atoms with Crippen molar-refractivity contribution in [2.24, 2.45) is 5.92 Å². The van der Waals surface area contributed by atoms with Gasteiger partial charge in [0.1, 0.15) is 0 Å². The van der Waals surface area contributed by atoms with Crippen LogP contribution >= 0.6 is 0 Å². The fourth-order valence-electron chi connectivity index (χ4n) is 3.97. The zero-order valence-electron chi connectivity index (χ0n) is 15.7. The topological polar surface area (TPSA) is 32.8 Å². The van der Waals surface area contributed by atoms with Gasteiger partial charge in [-0.3, -0.25) is 4.79 Å². The number of hydrogen-bond acceptors (Lipinski definition) is 3. The molecule has 4 heteroatoms. The van der Waals surface area contributed by atoms with E-state index in [1.807, 2.05) is 18.2 Å². The van der Waals surface area contributed by atoms with Gasteiger partial charge in [-0.05, 0) is 51.6 Å². The number of rotatable bonds is 5. The number of ether oxygens (including phenoxy) is 1. The minimum Gasteiger partial charge on any atom is -0.373 e. The molecule has 2 saturated heterocycles. The Hall–Kier alpha value is -1.39. The van der Waals surface area contributed by atoms with E-state index in [4.69, 9.17) is 4.74 Å². The molecule has 0 saturated carbocycles. The molecule has 2 aliphatic heterocycles. The number of carbonyl (C=O) groups is 1. The fraction of sp³-hybridized carbons (Fsp3) is 0.667. The maximum Gasteiger partial charge on any atom is 0.226 e. The van der Waals surface area contributed by atoms with Gasteiger partial charge >= 0.3 is 0 Å². The lowest BCUT2D eigenvalue weighted by atomic mass is 9.94. The maximum atomic E-state index is 12.9. The Morgan fingerprint density at radius 3 is 2.52 bits per heavy atom. The van der Waals surface area contributed by atoms with Crippen LogP contribution in [0.15, 0.2) is 30.3 Å². The Labute approximate surface area is 152 Å². The molecular formula is C21H32N2O2. The van der Waals surface area contributed by atoms with Crippen LogP contribution in [-0.2, 0) is 16.1 Å². The number of likely N-dealkylation sites (tertiary alicyclic amines) is 2. The summed E-state index contributed by atoms with van der Waals surface area (Å²) in [6.45, 7) is 8.88. The molecule has 4 nitrogen and oxygen atoms in total. The summed E-state index contributed by atoms with van der Waals surface area (Å²) in [5.41, 5.74) is 1.22. The van der Waals surface area contributed by atoms with E-state index in [1.54, 1.807) is 0 Å². The first-order valence-corrected chi connectivity index (χ1v) is 9.82. The minimum absolute atomic E-state index is 0.193. The fourth-order valence-corrected chi connectivity index (χ4v) is 3.97. The van der Waals surface area contributed by atoms with Gasteiger partial charge in [-0.15, -0.1) is 0 Å². The molecule has 1 aromatic rings. The predicted molar refractivity (Wildman–Crippen MR) is 100 cm³/mol. The predicted octanol–water partition coefficient (Wildman–Crippen LogP) is 3.31. The molecule has 3 rings (SSSR count). The number of piperidine rings is 2. The number of carbonyl (C=O) groups excluding carboxylic acids is 1. The summed E-state index contributed by atoms with van der Waals surface area (Å²) in [5.74, 6) is 0.560. The van der Waals surface area contributed by atoms with Crippen molar-refractivity contribution in [3.63, 3.8) is 0 Å². The van der Waals surface area contributed by atoms with Gasteiger partial charge < -0.3 is 14.5 Å². The van der Waals surface area contributed by atoms with Crippen LogP contribution in [0.1, 0.15) is 45.1 Å². The molecular weight excluding hydrogens is 312 g/mol. The Morgan fingerprint density at radius 1 is 1.12 bits per heavy atom. The highest BCUT2D eigenvalue weighted by atomic mass is 16.5. The van der Waals surface area contributed by atoms with Crippen molar-refractivity contribution in [3.8, 4) is 0 Å². The number of amides is 1. The van der Waals surface area contributed by atoms with E-state index in [0.717, 1.165) is 51.9 Å². The van der Waals surface area contributed by atoms with Crippen LogP contribution in [0.4, 0.5) is 0 Å². The van der Waals surface area contributed by atoms with Gasteiger partial charge in [0.15, 0.2) is 0 Å². The van der Waals surface area contributed by atoms with Crippen molar-refractivity contribution in [1.29, 1.82) is 0 Å². The Bertz CT molecular complexity index is 538. The van der Waals surface area contributed by atoms with Crippen molar-refractivity contribution < 1.29 is 9.53 Å². The summed E-state index contributed by atoms with van der Waals surface area (Å²) in [5, 5.41) is 0. The van der Waals surface area contributed by atoms with Crippen LogP contribution < -0.4 is 0 Å². The number of benzene rings is 1. The highest BCUT2D eigenvalue weighted by Crippen LogP contribution is 2.23. The van der Waals surface area contributed by atoms with Crippen molar-refractivity contribution in [2.45, 2.75) is 58.3 Å². The summed E-state index contributed by atoms with van der Waals surface area (Å²) in [6, 6.07) is 10.9. The number of hydrogen-bond donors (Lipinski definition) is 0. The van der Waals surface area contributed by atoms with E-state index < -0.39 is 0 Å². The van der Waals surface area contributed by atoms with Crippen LogP contribution in [0.5, 0.6) is 0 Å². The molecule has 0 radical (unpaired) electrons. The van der Waals surface area contributed by atoms with Gasteiger partial charge in [0.05, 0.1) is 18.6 Å². The monoisotopic (exact) mass is 344 g/mol. The summed E-state index contributed by atoms with van der Waals surface area (Å²) in [7, 11) is 0. The van der Waals surface area contributed by atoms with Crippen molar-refractivity contribution >= 4 is 5.91 Å². The Balaban J connectivity index is 1.43. The van der Waals surface area contributed by atoms with E-state index in [0.29, 0.717) is 18.6 Å². The van der Waals surface area contributed by atoms with Crippen LogP contribution in [0.2, 0.25) is 0 Å². The molecule has 2 heterocycles. The first-order chi connectivity index (χ1) is 12.1. The van der Waals surface area contributed by atoms with Gasteiger partial charge in [0, 0.05) is 25.7 Å². The van der Waals surface area contributed by atoms with Crippen LogP contribution in [-0.4, -0.2) is 54.0 Å². The second-order valence-corrected chi connectivity index (χ2v) is 7.75. The maximum absolute atomic E-state index is 12.9. The molecule has 1 amide bonds. The summed E-state index contributed by atoms with van der Waals surface area (Å²) < 4.78 is 6.04. The molecule has 0 aromatic heterocycles. The second-order valence-electron chi connectivity index (χ2n) is 7.75. The van der Waals surface area contributed by atoms with E-state index in [-0.39, 0.29) is 12.0 Å². The first-order valence-electron chi connectivity index (χ1n) is 9.82. The van der Waals surface area contributed by atoms with E-state index in [2.05, 4.69) is 35.8 Å². The Kier molecular flexibility index (Phi) is 6.49. The lowest BCUT2D eigenvalue weighted by Gasteiger charge is -2.39. The molecule has 0 bridgehead atoms. The molecule has 0 aliphatic carbocycles. The van der Waals surface area contributed by atoms with Gasteiger partial charge in [0.25, 0.3) is 0 Å². The van der Waals surface area contributed by atoms with Crippen molar-refractivity contribution in [3.05, 3.63) is 35.9 Å². The minimum atomic E-state index is 0.193. The van der Waals surface area contributed by atoms with Crippen molar-refractivity contribution in [1.82, 2.24) is 9.80 Å². The third-order valence-electron chi connectivity index (χ3n) is 5.61. The average Bonchev–Trinajstić information content (AvgIpc) is 2.67. The highest BCUT2D eigenvalue weighted by molar-refractivity contribution is 5.79. The number of nitrogens with zero attached hydrogens (tertiary/aromatic N) is 2. The molecule has 0 spiro atoms. The molecule has 2 aliphatic rings. The van der Waals surface area contributed by atoms with Gasteiger partial charge in [-0.2, -0.15) is 0 Å². The normalized spacial score (nSPS) is 23.2. The summed E-state index contributed by atoms with van der Waals surface area (Å²) in [6.07, 6.45) is 4.39. The highest BCUT2D eigenvalue weighted by Gasteiger charge is 2.32. The van der Waals surface area contributed by atoms with E-state index >= 15 is 0 Å². The van der Waals surface area contributed by atoms with E-state index in [1.165, 1.54) is 5.56 Å². The SMILES string of the molecule is CC(C)N1CCCC(C(=O)N2CCC(OCc3ccccc3)CC2)C1. The third kappa shape index (κ3) is 5.05.